The topological polar surface area (TPSA) is 69.9 Å². The number of methoxy groups -OCH3 is 1. The number of tetrazole rings is 1. The van der Waals surface area contributed by atoms with E-state index in [9.17, 15) is 4.79 Å². The van der Waals surface area contributed by atoms with Crippen LogP contribution in [0, 0.1) is 0 Å². The first-order valence-electron chi connectivity index (χ1n) is 6.90. The lowest BCUT2D eigenvalue weighted by molar-refractivity contribution is -0.119. The number of carbonyl (C=O) groups excluding carboxylic acids is 1. The van der Waals surface area contributed by atoms with Gasteiger partial charge in [0.15, 0.2) is 0 Å². The second kappa shape index (κ2) is 6.26. The van der Waals surface area contributed by atoms with Gasteiger partial charge in [-0.1, -0.05) is 18.2 Å². The van der Waals surface area contributed by atoms with Crippen LogP contribution in [-0.2, 0) is 4.79 Å². The Bertz CT molecular complexity index is 626. The summed E-state index contributed by atoms with van der Waals surface area (Å²) in [5.41, 5.74) is 0.853. The molecular weight excluding hydrogens is 288 g/mol. The van der Waals surface area contributed by atoms with Crippen LogP contribution in [0.5, 0.6) is 5.75 Å². The Labute approximate surface area is 126 Å². The van der Waals surface area contributed by atoms with Crippen molar-refractivity contribution in [2.75, 3.05) is 7.11 Å². The molecular formula is C14H16N4O2S. The predicted molar refractivity (Wildman–Crippen MR) is 78.8 cm³/mol. The van der Waals surface area contributed by atoms with Gasteiger partial charge in [-0.25, -0.2) is 0 Å². The Morgan fingerprint density at radius 3 is 2.81 bits per heavy atom. The third kappa shape index (κ3) is 3.07. The first kappa shape index (κ1) is 14.1. The first-order chi connectivity index (χ1) is 10.3. The Balaban J connectivity index is 1.81. The van der Waals surface area contributed by atoms with Crippen LogP contribution in [-0.4, -0.2) is 38.4 Å². The van der Waals surface area contributed by atoms with Gasteiger partial charge in [0.25, 0.3) is 0 Å². The lowest BCUT2D eigenvalue weighted by atomic mass is 9.99. The fraction of sp³-hybridized carbons (Fsp3) is 0.429. The van der Waals surface area contributed by atoms with Crippen molar-refractivity contribution in [3.05, 3.63) is 24.3 Å². The normalized spacial score (nSPS) is 18.7. The monoisotopic (exact) mass is 304 g/mol. The van der Waals surface area contributed by atoms with Crippen LogP contribution in [0.4, 0.5) is 0 Å². The van der Waals surface area contributed by atoms with E-state index in [2.05, 4.69) is 15.5 Å². The largest absolute Gasteiger partial charge is 0.497 e. The van der Waals surface area contributed by atoms with E-state index in [1.54, 1.807) is 11.8 Å². The van der Waals surface area contributed by atoms with Gasteiger partial charge in [0.1, 0.15) is 11.5 Å². The number of carbonyl (C=O) groups is 1. The zero-order valence-corrected chi connectivity index (χ0v) is 12.5. The molecule has 0 aliphatic heterocycles. The van der Waals surface area contributed by atoms with E-state index in [0.29, 0.717) is 17.4 Å². The molecule has 1 fully saturated rings. The highest BCUT2D eigenvalue weighted by atomic mass is 32.2. The van der Waals surface area contributed by atoms with Crippen LogP contribution < -0.4 is 4.74 Å². The standard InChI is InChI=1S/C14H16N4O2S/c1-20-11-8-6-10(7-9-11)18-14(15-16-17-18)21-13-5-3-2-4-12(13)19/h6-9,13H,2-5H2,1H3/t13-/m0/s1. The Morgan fingerprint density at radius 1 is 1.29 bits per heavy atom. The summed E-state index contributed by atoms with van der Waals surface area (Å²) >= 11 is 1.46. The Hall–Kier alpha value is -1.89. The van der Waals surface area contributed by atoms with Crippen molar-refractivity contribution in [3.8, 4) is 11.4 Å². The second-order valence-corrected chi connectivity index (χ2v) is 6.06. The number of Topliss-reactive ketones (excluding diaryl/α,β-unsaturated/α-hetero) is 1. The summed E-state index contributed by atoms with van der Waals surface area (Å²) < 4.78 is 6.80. The van der Waals surface area contributed by atoms with Gasteiger partial charge in [-0.05, 0) is 47.5 Å². The van der Waals surface area contributed by atoms with Crippen LogP contribution in [0.3, 0.4) is 0 Å². The van der Waals surface area contributed by atoms with Crippen LogP contribution in [0.1, 0.15) is 25.7 Å². The number of hydrogen-bond donors (Lipinski definition) is 0. The molecule has 110 valence electrons. The van der Waals surface area contributed by atoms with E-state index in [1.807, 2.05) is 24.3 Å². The molecule has 1 aliphatic carbocycles. The molecule has 1 heterocycles. The highest BCUT2D eigenvalue weighted by Gasteiger charge is 2.25. The van der Waals surface area contributed by atoms with Gasteiger partial charge < -0.3 is 4.74 Å². The zero-order chi connectivity index (χ0) is 14.7. The third-order valence-electron chi connectivity index (χ3n) is 3.50. The van der Waals surface area contributed by atoms with Gasteiger partial charge in [0, 0.05) is 6.42 Å². The van der Waals surface area contributed by atoms with E-state index in [-0.39, 0.29) is 5.25 Å². The molecule has 1 aliphatic rings. The minimum atomic E-state index is -0.0262. The molecule has 0 spiro atoms. The lowest BCUT2D eigenvalue weighted by Crippen LogP contribution is -2.21. The van der Waals surface area contributed by atoms with Crippen molar-refractivity contribution in [1.29, 1.82) is 0 Å². The van der Waals surface area contributed by atoms with Crippen molar-refractivity contribution >= 4 is 17.5 Å². The van der Waals surface area contributed by atoms with Crippen LogP contribution in [0.15, 0.2) is 29.4 Å². The second-order valence-electron chi connectivity index (χ2n) is 4.89. The van der Waals surface area contributed by atoms with Crippen LogP contribution >= 0.6 is 11.8 Å². The fourth-order valence-corrected chi connectivity index (χ4v) is 3.45. The van der Waals surface area contributed by atoms with Crippen LogP contribution in [0.25, 0.3) is 5.69 Å². The summed E-state index contributed by atoms with van der Waals surface area (Å²) in [4.78, 5) is 11.9. The predicted octanol–water partition coefficient (Wildman–Crippen LogP) is 2.27. The Kier molecular flexibility index (Phi) is 4.19. The van der Waals surface area contributed by atoms with Crippen molar-refractivity contribution in [1.82, 2.24) is 20.2 Å². The molecule has 0 bridgehead atoms. The molecule has 1 saturated carbocycles. The highest BCUT2D eigenvalue weighted by molar-refractivity contribution is 8.00. The van der Waals surface area contributed by atoms with Gasteiger partial charge in [-0.3, -0.25) is 4.79 Å². The zero-order valence-electron chi connectivity index (χ0n) is 11.7. The van der Waals surface area contributed by atoms with Gasteiger partial charge in [-0.15, -0.1) is 5.10 Å². The molecule has 6 nitrogen and oxygen atoms in total. The SMILES string of the molecule is COc1ccc(-n2nnnc2S[C@H]2CCCCC2=O)cc1. The molecule has 1 aromatic heterocycles. The maximum absolute atomic E-state index is 11.9. The molecule has 7 heteroatoms. The van der Waals surface area contributed by atoms with Crippen molar-refractivity contribution in [2.24, 2.45) is 0 Å². The average molecular weight is 304 g/mol. The lowest BCUT2D eigenvalue weighted by Gasteiger charge is -2.18. The van der Waals surface area contributed by atoms with Crippen molar-refractivity contribution in [3.63, 3.8) is 0 Å². The summed E-state index contributed by atoms with van der Waals surface area (Å²) in [5.74, 6) is 1.08. The van der Waals surface area contributed by atoms with E-state index in [1.165, 1.54) is 11.8 Å². The maximum atomic E-state index is 11.9. The first-order valence-corrected chi connectivity index (χ1v) is 7.78. The molecule has 1 atom stereocenters. The van der Waals surface area contributed by atoms with Crippen LogP contribution in [0.2, 0.25) is 0 Å². The number of aromatic nitrogens is 4. The minimum Gasteiger partial charge on any atom is -0.497 e. The average Bonchev–Trinajstić information content (AvgIpc) is 2.98. The summed E-state index contributed by atoms with van der Waals surface area (Å²) in [6, 6.07) is 7.50. The van der Waals surface area contributed by atoms with E-state index >= 15 is 0 Å². The van der Waals surface area contributed by atoms with Crippen molar-refractivity contribution < 1.29 is 9.53 Å². The van der Waals surface area contributed by atoms with E-state index in [4.69, 9.17) is 4.74 Å². The smallest absolute Gasteiger partial charge is 0.214 e. The Morgan fingerprint density at radius 2 is 2.10 bits per heavy atom. The summed E-state index contributed by atoms with van der Waals surface area (Å²) in [6.07, 6.45) is 3.66. The number of nitrogens with zero attached hydrogens (tertiary/aromatic N) is 4. The molecule has 0 unspecified atom stereocenters. The van der Waals surface area contributed by atoms with Gasteiger partial charge in [0.05, 0.1) is 18.0 Å². The number of thioether (sulfide) groups is 1. The number of hydrogen-bond acceptors (Lipinski definition) is 6. The number of ketones is 1. The number of benzene rings is 1. The van der Waals surface area contributed by atoms with Gasteiger partial charge in [-0.2, -0.15) is 4.68 Å². The van der Waals surface area contributed by atoms with E-state index in [0.717, 1.165) is 30.7 Å². The summed E-state index contributed by atoms with van der Waals surface area (Å²) in [6.45, 7) is 0. The number of rotatable bonds is 4. The summed E-state index contributed by atoms with van der Waals surface area (Å²) in [7, 11) is 1.63. The molecule has 3 rings (SSSR count). The highest BCUT2D eigenvalue weighted by Crippen LogP contribution is 2.31. The van der Waals surface area contributed by atoms with Gasteiger partial charge in [0.2, 0.25) is 5.16 Å². The van der Waals surface area contributed by atoms with Gasteiger partial charge >= 0.3 is 0 Å². The minimum absolute atomic E-state index is 0.0262. The molecule has 21 heavy (non-hydrogen) atoms. The molecule has 0 amide bonds. The fourth-order valence-electron chi connectivity index (χ4n) is 2.34. The van der Waals surface area contributed by atoms with Crippen molar-refractivity contribution in [2.45, 2.75) is 36.1 Å². The quantitative estimate of drug-likeness (QED) is 0.863. The molecule has 2 aromatic rings. The van der Waals surface area contributed by atoms with E-state index < -0.39 is 0 Å². The maximum Gasteiger partial charge on any atom is 0.214 e. The molecule has 0 saturated heterocycles. The third-order valence-corrected chi connectivity index (χ3v) is 4.75. The molecule has 0 radical (unpaired) electrons. The molecule has 1 aromatic carbocycles. The summed E-state index contributed by atoms with van der Waals surface area (Å²) in [5, 5.41) is 12.4. The number of ether oxygens (including phenoxy) is 1. The molecule has 0 N–H and O–H groups in total.